The van der Waals surface area contributed by atoms with Crippen molar-refractivity contribution >= 4 is 0 Å². The number of allylic oxidation sites excluding steroid dienone is 5. The van der Waals surface area contributed by atoms with Gasteiger partial charge in [-0.25, -0.2) is 0 Å². The summed E-state index contributed by atoms with van der Waals surface area (Å²) < 4.78 is 1.33. The van der Waals surface area contributed by atoms with Gasteiger partial charge in [-0.15, -0.1) is 0 Å². The van der Waals surface area contributed by atoms with E-state index in [2.05, 4.69) is 53.3 Å². The van der Waals surface area contributed by atoms with Gasteiger partial charge in [-0.1, -0.05) is 89.3 Å². The molecule has 172 valence electrons. The molecule has 0 bridgehead atoms. The van der Waals surface area contributed by atoms with Crippen molar-refractivity contribution in [3.63, 3.8) is 0 Å². The van der Waals surface area contributed by atoms with Crippen LogP contribution in [0, 0.1) is 0 Å². The molecule has 1 heteroatoms. The Kier molecular flexibility index (Phi) is 22.9. The SMILES string of the molecule is C=C/C(=C\C/C=C(\C)CCCC[N+](CC)(CC)CCCCCCC)CCC.CC. The molecule has 0 atom stereocenters. The van der Waals surface area contributed by atoms with Crippen LogP contribution in [0.15, 0.2) is 36.0 Å². The minimum Gasteiger partial charge on any atom is -0.324 e. The van der Waals surface area contributed by atoms with Gasteiger partial charge < -0.3 is 4.48 Å². The van der Waals surface area contributed by atoms with Crippen LogP contribution in [0.4, 0.5) is 0 Å². The molecule has 0 amide bonds. The van der Waals surface area contributed by atoms with Gasteiger partial charge in [0.25, 0.3) is 0 Å². The van der Waals surface area contributed by atoms with E-state index in [1.165, 1.54) is 94.0 Å². The molecule has 0 saturated carbocycles. The van der Waals surface area contributed by atoms with Crippen molar-refractivity contribution in [1.82, 2.24) is 0 Å². The number of rotatable bonds is 18. The second-order valence-corrected chi connectivity index (χ2v) is 8.31. The fourth-order valence-electron chi connectivity index (χ4n) is 3.96. The van der Waals surface area contributed by atoms with Crippen molar-refractivity contribution in [3.8, 4) is 0 Å². The first-order valence-electron chi connectivity index (χ1n) is 12.9. The van der Waals surface area contributed by atoms with E-state index >= 15 is 0 Å². The Morgan fingerprint density at radius 1 is 0.724 bits per heavy atom. The van der Waals surface area contributed by atoms with E-state index in [0.29, 0.717) is 0 Å². The average Bonchev–Trinajstić information content (AvgIpc) is 2.76. The number of nitrogens with zero attached hydrogens (tertiary/aromatic N) is 1. The summed E-state index contributed by atoms with van der Waals surface area (Å²) in [6.07, 6.45) is 21.2. The van der Waals surface area contributed by atoms with Gasteiger partial charge in [0.1, 0.15) is 0 Å². The minimum atomic E-state index is 1.06. The minimum absolute atomic E-state index is 1.06. The summed E-state index contributed by atoms with van der Waals surface area (Å²) >= 11 is 0. The molecular weight excluding hydrogens is 350 g/mol. The molecule has 0 aromatic carbocycles. The zero-order valence-electron chi connectivity index (χ0n) is 21.5. The molecule has 0 saturated heterocycles. The summed E-state index contributed by atoms with van der Waals surface area (Å²) in [5, 5.41) is 0. The summed E-state index contributed by atoms with van der Waals surface area (Å²) in [6.45, 7) is 24.9. The number of hydrogen-bond acceptors (Lipinski definition) is 0. The van der Waals surface area contributed by atoms with Crippen molar-refractivity contribution in [1.29, 1.82) is 0 Å². The lowest BCUT2D eigenvalue weighted by Crippen LogP contribution is -2.49. The molecule has 0 aliphatic rings. The van der Waals surface area contributed by atoms with E-state index in [4.69, 9.17) is 0 Å². The van der Waals surface area contributed by atoms with Gasteiger partial charge in [0, 0.05) is 0 Å². The fourth-order valence-corrected chi connectivity index (χ4v) is 3.96. The van der Waals surface area contributed by atoms with E-state index in [1.54, 1.807) is 5.57 Å². The third-order valence-electron chi connectivity index (χ3n) is 6.18. The highest BCUT2D eigenvalue weighted by Crippen LogP contribution is 2.16. The predicted octanol–water partition coefficient (Wildman–Crippen LogP) is 9.26. The predicted molar refractivity (Wildman–Crippen MR) is 137 cm³/mol. The molecule has 0 rings (SSSR count). The fraction of sp³-hybridized carbons (Fsp3) is 0.786. The number of hydrogen-bond donors (Lipinski definition) is 0. The van der Waals surface area contributed by atoms with Gasteiger partial charge in [0.2, 0.25) is 0 Å². The highest BCUT2D eigenvalue weighted by molar-refractivity contribution is 5.17. The Morgan fingerprint density at radius 2 is 1.31 bits per heavy atom. The van der Waals surface area contributed by atoms with E-state index in [1.807, 2.05) is 19.9 Å². The highest BCUT2D eigenvalue weighted by Gasteiger charge is 2.21. The molecule has 0 unspecified atom stereocenters. The molecule has 0 fully saturated rings. The summed E-state index contributed by atoms with van der Waals surface area (Å²) in [5.74, 6) is 0. The van der Waals surface area contributed by atoms with Crippen LogP contribution in [0.1, 0.15) is 119 Å². The molecule has 0 aliphatic carbocycles. The second-order valence-electron chi connectivity index (χ2n) is 8.31. The third kappa shape index (κ3) is 16.6. The van der Waals surface area contributed by atoms with Gasteiger partial charge in [-0.2, -0.15) is 0 Å². The molecule has 0 heterocycles. The van der Waals surface area contributed by atoms with E-state index in [9.17, 15) is 0 Å². The molecule has 0 aromatic rings. The van der Waals surface area contributed by atoms with E-state index in [-0.39, 0.29) is 0 Å². The van der Waals surface area contributed by atoms with Crippen LogP contribution in [0.25, 0.3) is 0 Å². The van der Waals surface area contributed by atoms with Crippen molar-refractivity contribution < 1.29 is 4.48 Å². The Labute approximate surface area is 185 Å². The molecule has 0 aromatic heterocycles. The molecular formula is C28H56N+. The van der Waals surface area contributed by atoms with Crippen LogP contribution in [0.2, 0.25) is 0 Å². The van der Waals surface area contributed by atoms with E-state index < -0.39 is 0 Å². The summed E-state index contributed by atoms with van der Waals surface area (Å²) in [7, 11) is 0. The van der Waals surface area contributed by atoms with Crippen molar-refractivity contribution in [3.05, 3.63) is 36.0 Å². The summed E-state index contributed by atoms with van der Waals surface area (Å²) in [6, 6.07) is 0. The third-order valence-corrected chi connectivity index (χ3v) is 6.18. The standard InChI is InChI=1S/C26H50N.C2H6/c1-7-12-13-14-16-23-27(10-4,11-5)24-17-15-20-25(6)21-18-22-26(9-3)19-8-2;1-2/h9,21-22H,3,7-8,10-20,23-24H2,1-2,4-6H3;1-2H3/q+1;/b25-21+,26-22+;. The Hall–Kier alpha value is -0.820. The Bertz CT molecular complexity index is 412. The number of unbranched alkanes of at least 4 members (excludes halogenated alkanes) is 5. The zero-order valence-corrected chi connectivity index (χ0v) is 21.5. The van der Waals surface area contributed by atoms with Crippen LogP contribution in [-0.4, -0.2) is 30.7 Å². The maximum absolute atomic E-state index is 3.92. The van der Waals surface area contributed by atoms with Gasteiger partial charge in [0.05, 0.1) is 26.2 Å². The molecule has 0 aliphatic heterocycles. The van der Waals surface area contributed by atoms with Gasteiger partial charge in [0.15, 0.2) is 0 Å². The molecule has 29 heavy (non-hydrogen) atoms. The molecule has 0 N–H and O–H groups in total. The van der Waals surface area contributed by atoms with Crippen LogP contribution in [-0.2, 0) is 0 Å². The van der Waals surface area contributed by atoms with E-state index in [0.717, 1.165) is 12.8 Å². The topological polar surface area (TPSA) is 0 Å². The molecule has 1 nitrogen and oxygen atoms in total. The van der Waals surface area contributed by atoms with Crippen molar-refractivity contribution in [2.75, 3.05) is 26.2 Å². The van der Waals surface area contributed by atoms with Crippen molar-refractivity contribution in [2.24, 2.45) is 0 Å². The first-order valence-corrected chi connectivity index (χ1v) is 12.9. The summed E-state index contributed by atoms with van der Waals surface area (Å²) in [4.78, 5) is 0. The maximum Gasteiger partial charge on any atom is 0.0786 e. The summed E-state index contributed by atoms with van der Waals surface area (Å²) in [5.41, 5.74) is 2.95. The normalized spacial score (nSPS) is 12.5. The monoisotopic (exact) mass is 406 g/mol. The first-order chi connectivity index (χ1) is 14.1. The lowest BCUT2D eigenvalue weighted by Gasteiger charge is -2.37. The van der Waals surface area contributed by atoms with Crippen LogP contribution >= 0.6 is 0 Å². The molecule has 0 radical (unpaired) electrons. The van der Waals surface area contributed by atoms with Crippen molar-refractivity contribution in [2.45, 2.75) is 119 Å². The van der Waals surface area contributed by atoms with Crippen LogP contribution in [0.5, 0.6) is 0 Å². The van der Waals surface area contributed by atoms with Gasteiger partial charge in [-0.05, 0) is 65.7 Å². The lowest BCUT2D eigenvalue weighted by molar-refractivity contribution is -0.925. The molecule has 0 spiro atoms. The van der Waals surface area contributed by atoms with Crippen LogP contribution < -0.4 is 0 Å². The maximum atomic E-state index is 3.92. The quantitative estimate of drug-likeness (QED) is 0.0920. The smallest absolute Gasteiger partial charge is 0.0786 e. The Morgan fingerprint density at radius 3 is 1.83 bits per heavy atom. The van der Waals surface area contributed by atoms with Gasteiger partial charge in [-0.3, -0.25) is 0 Å². The largest absolute Gasteiger partial charge is 0.324 e. The highest BCUT2D eigenvalue weighted by atomic mass is 15.3. The second kappa shape index (κ2) is 21.9. The lowest BCUT2D eigenvalue weighted by atomic mass is 10.1. The zero-order chi connectivity index (χ0) is 22.4. The average molecular weight is 407 g/mol. The number of quaternary nitrogens is 1. The van der Waals surface area contributed by atoms with Gasteiger partial charge >= 0.3 is 0 Å². The van der Waals surface area contributed by atoms with Crippen LogP contribution in [0.3, 0.4) is 0 Å². The first kappa shape index (κ1) is 30.4. The Balaban J connectivity index is 0.